The minimum Gasteiger partial charge on any atom is -0.542 e. The second-order valence-electron chi connectivity index (χ2n) is 12.2. The molecule has 2 aromatic heterocycles. The van der Waals surface area contributed by atoms with Crippen molar-refractivity contribution >= 4 is 111 Å². The molecule has 29 heteroatoms. The number of amides is 2. The summed E-state index contributed by atoms with van der Waals surface area (Å²) in [6, 6.07) is 3.31. The maximum absolute atomic E-state index is 13.2. The maximum atomic E-state index is 13.2. The van der Waals surface area contributed by atoms with Crippen molar-refractivity contribution in [2.45, 2.75) is 41.4 Å². The second-order valence-corrected chi connectivity index (χ2v) is 16.0. The topological polar surface area (TPSA) is 293 Å². The van der Waals surface area contributed by atoms with Gasteiger partial charge in [-0.1, -0.05) is 0 Å². The lowest BCUT2D eigenvalue weighted by atomic mass is 9.77. The van der Waals surface area contributed by atoms with E-state index in [0.29, 0.717) is 29.5 Å². The van der Waals surface area contributed by atoms with Gasteiger partial charge in [0.2, 0.25) is 6.23 Å². The fourth-order valence-electron chi connectivity index (χ4n) is 7.13. The number of carboxylic acid groups (broad SMARTS) is 2. The number of fused-ring (bicyclic) bond motifs is 3. The van der Waals surface area contributed by atoms with Gasteiger partial charge in [-0.25, -0.2) is 20.2 Å². The number of nitrogens with zero attached hydrogens (tertiary/aromatic N) is 1. The molecule has 0 bridgehead atoms. The van der Waals surface area contributed by atoms with Crippen molar-refractivity contribution in [3.8, 4) is 0 Å². The van der Waals surface area contributed by atoms with Crippen molar-refractivity contribution in [2.24, 2.45) is 29.2 Å². The molecule has 3 aliphatic heterocycles. The van der Waals surface area contributed by atoms with Crippen LogP contribution in [0.1, 0.15) is 21.0 Å². The molecular weight excluding hydrogens is 1060 g/mol. The maximum Gasteiger partial charge on any atom is 0.430 e. The summed E-state index contributed by atoms with van der Waals surface area (Å²) in [5.74, 6) is -7.97. The fraction of sp³-hybridized carbons (Fsp3) is 0.481. The Morgan fingerprint density at radius 2 is 1.36 bits per heavy atom. The Morgan fingerprint density at radius 3 is 1.73 bits per heavy atom. The number of carbonyl (C=O) groups excluding carboxylic acids is 4. The molecule has 5 heterocycles. The van der Waals surface area contributed by atoms with Gasteiger partial charge in [-0.2, -0.15) is 26.3 Å². The van der Waals surface area contributed by atoms with Crippen molar-refractivity contribution in [1.29, 1.82) is 0 Å². The van der Waals surface area contributed by atoms with Crippen molar-refractivity contribution in [3.63, 3.8) is 0 Å². The second kappa shape index (κ2) is 16.5. The molecular formula is C27H27Br4ClF6N10O8. The van der Waals surface area contributed by atoms with Crippen LogP contribution in [0.25, 0.3) is 0 Å². The molecule has 6 rings (SSSR count). The van der Waals surface area contributed by atoms with Gasteiger partial charge in [-0.15, -0.1) is 11.6 Å². The molecule has 1 saturated carbocycles. The summed E-state index contributed by atoms with van der Waals surface area (Å²) in [6.45, 7) is 0.223. The highest BCUT2D eigenvalue weighted by Crippen LogP contribution is 2.60. The Hall–Kier alpha value is -3.31. The number of hydrogen-bond donors (Lipinski definition) is 10. The summed E-state index contributed by atoms with van der Waals surface area (Å²) < 4.78 is 73.4. The summed E-state index contributed by atoms with van der Waals surface area (Å²) >= 11 is 20.9. The average Bonchev–Trinajstić information content (AvgIpc) is 3.87. The highest BCUT2D eigenvalue weighted by Gasteiger charge is 2.85. The molecule has 0 radical (unpaired) electrons. The zero-order valence-electron chi connectivity index (χ0n) is 27.6. The van der Waals surface area contributed by atoms with Gasteiger partial charge in [-0.3, -0.25) is 21.1 Å². The Kier molecular flexibility index (Phi) is 13.4. The van der Waals surface area contributed by atoms with Crippen LogP contribution in [0.4, 0.5) is 26.3 Å². The summed E-state index contributed by atoms with van der Waals surface area (Å²) in [6.07, 6.45) is -11.9. The number of guanidine groups is 2. The number of H-pyrrole nitrogens is 2. The summed E-state index contributed by atoms with van der Waals surface area (Å²) in [5, 5.41) is 41.2. The lowest BCUT2D eigenvalue weighted by Crippen LogP contribution is -2.84. The number of methoxy groups -OCH3 is 1. The molecule has 1 spiro atoms. The molecule has 12 N–H and O–H groups in total. The Morgan fingerprint density at radius 1 is 0.929 bits per heavy atom. The van der Waals surface area contributed by atoms with E-state index in [-0.39, 0.29) is 36.8 Å². The van der Waals surface area contributed by atoms with Gasteiger partial charge in [0.05, 0.1) is 29.4 Å². The molecule has 2 aromatic rings. The van der Waals surface area contributed by atoms with Gasteiger partial charge in [-0.05, 0) is 81.8 Å². The van der Waals surface area contributed by atoms with Crippen molar-refractivity contribution in [2.75, 3.05) is 20.2 Å². The molecule has 310 valence electrons. The van der Waals surface area contributed by atoms with Gasteiger partial charge < -0.3 is 50.2 Å². The van der Waals surface area contributed by atoms with E-state index >= 15 is 0 Å². The van der Waals surface area contributed by atoms with Crippen molar-refractivity contribution < 1.29 is 75.1 Å². The van der Waals surface area contributed by atoms with Crippen LogP contribution in [0.3, 0.4) is 0 Å². The van der Waals surface area contributed by atoms with E-state index in [4.69, 9.17) is 47.6 Å². The number of halogens is 11. The van der Waals surface area contributed by atoms with Gasteiger partial charge in [0.25, 0.3) is 23.7 Å². The third-order valence-electron chi connectivity index (χ3n) is 9.08. The van der Waals surface area contributed by atoms with E-state index in [1.165, 1.54) is 7.11 Å². The SMILES string of the molecule is CO[C@H]1NC(N)=[N+]2[C@H]3[NH+]=C(N)N[C@@]3(O)[C@@H]3[C@@H](CNC(=O)c4cc(Br)c(Br)[nH]4)[C@H](CNC(=O)c4cc(Br)c(Br)[nH]4)[C@@H](Cl)[C@@]132.O=C([O-])C(F)(F)F.O=C([O-])C(F)(F)F. The number of hydrogen-bond acceptors (Lipinski definition) is 12. The zero-order valence-corrected chi connectivity index (χ0v) is 34.7. The lowest BCUT2D eigenvalue weighted by molar-refractivity contribution is -0.779. The summed E-state index contributed by atoms with van der Waals surface area (Å²) in [4.78, 5) is 52.9. The van der Waals surface area contributed by atoms with E-state index in [1.54, 1.807) is 16.7 Å². The lowest BCUT2D eigenvalue weighted by Gasteiger charge is -2.34. The number of nitrogens with one attached hydrogen (secondary N) is 7. The molecule has 8 atom stereocenters. The van der Waals surface area contributed by atoms with Crippen LogP contribution in [0.5, 0.6) is 0 Å². The third-order valence-corrected chi connectivity index (χ3v) is 13.3. The van der Waals surface area contributed by atoms with Gasteiger partial charge in [0, 0.05) is 26.1 Å². The van der Waals surface area contributed by atoms with Crippen molar-refractivity contribution in [3.05, 3.63) is 41.7 Å². The number of nitrogens with two attached hydrogens (primary N) is 2. The van der Waals surface area contributed by atoms with E-state index in [0.717, 1.165) is 0 Å². The Balaban J connectivity index is 0.000000425. The zero-order chi connectivity index (χ0) is 42.5. The molecule has 56 heavy (non-hydrogen) atoms. The molecule has 18 nitrogen and oxygen atoms in total. The third kappa shape index (κ3) is 8.45. The van der Waals surface area contributed by atoms with E-state index in [9.17, 15) is 41.0 Å². The molecule has 4 aliphatic rings. The van der Waals surface area contributed by atoms with Gasteiger partial charge in [0.1, 0.15) is 23.3 Å². The Bertz CT molecular complexity index is 1900. The van der Waals surface area contributed by atoms with Gasteiger partial charge >= 0.3 is 24.3 Å². The monoisotopic (exact) mass is 1080 g/mol. The largest absolute Gasteiger partial charge is 0.542 e. The number of aromatic nitrogens is 2. The molecule has 0 aromatic carbocycles. The Labute approximate surface area is 348 Å². The number of alkyl halides is 7. The predicted octanol–water partition coefficient (Wildman–Crippen LogP) is -2.71. The highest BCUT2D eigenvalue weighted by atomic mass is 79.9. The molecule has 2 fully saturated rings. The van der Waals surface area contributed by atoms with Crippen molar-refractivity contribution in [1.82, 2.24) is 31.2 Å². The number of carbonyl (C=O) groups is 4. The molecule has 2 amide bonds. The average molecular weight is 1090 g/mol. The molecule has 1 aliphatic carbocycles. The number of rotatable bonds is 7. The van der Waals surface area contributed by atoms with Crippen LogP contribution < -0.4 is 47.9 Å². The van der Waals surface area contributed by atoms with E-state index in [1.807, 2.05) is 0 Å². The van der Waals surface area contributed by atoms with E-state index in [2.05, 4.69) is 99.9 Å². The quantitative estimate of drug-likeness (QED) is 0.0770. The minimum atomic E-state index is -5.19. The standard InChI is InChI=1S/C23H25Br4ClN10O4.2C2HF3O2/c1-42-19-22-12(23(41)18(35-20(29)37-23)38(22)21(30)36-19)6(4-31-16(39)10-2-8(24)14(26)33-10)7(13(22)28)5-32-17(40)11-3-9(25)15(27)34-11;2*3-2(4,5)1(6)7/h2-3,6-7,12-13,18-19,41H,4-5H2,1H3,(H9,29,30,31,32,33,34,35,36,37,39,40);2*(H,6,7)/t6-,7-,12+,13+,18+,19+,22+,23+;;/m0../s1. The summed E-state index contributed by atoms with van der Waals surface area (Å²) in [7, 11) is 1.52. The number of carboxylic acids is 2. The summed E-state index contributed by atoms with van der Waals surface area (Å²) in [5.41, 5.74) is 10.5. The first-order valence-corrected chi connectivity index (χ1v) is 18.8. The van der Waals surface area contributed by atoms with E-state index < -0.39 is 71.1 Å². The number of aromatic amines is 2. The van der Waals surface area contributed by atoms with Crippen LogP contribution >= 0.6 is 75.3 Å². The number of ether oxygens (including phenoxy) is 1. The fourth-order valence-corrected chi connectivity index (χ4v) is 9.07. The van der Waals surface area contributed by atoms with Crippen LogP contribution in [-0.4, -0.2) is 117 Å². The van der Waals surface area contributed by atoms with Gasteiger partial charge in [0.15, 0.2) is 5.54 Å². The first kappa shape index (κ1) is 45.4. The number of aliphatic carboxylic acids is 2. The number of aliphatic hydroxyl groups is 1. The molecule has 0 unspecified atom stereocenters. The van der Waals surface area contributed by atoms with Crippen LogP contribution in [0, 0.1) is 17.8 Å². The highest BCUT2D eigenvalue weighted by molar-refractivity contribution is 9.13. The first-order chi connectivity index (χ1) is 25.7. The normalized spacial score (nSPS) is 28.6. The molecule has 1 saturated heterocycles. The van der Waals surface area contributed by atoms with Crippen LogP contribution in [-0.2, 0) is 14.3 Å². The van der Waals surface area contributed by atoms with Crippen LogP contribution in [0.15, 0.2) is 30.3 Å². The van der Waals surface area contributed by atoms with Crippen LogP contribution in [0.2, 0.25) is 0 Å². The first-order valence-electron chi connectivity index (χ1n) is 15.2. The smallest absolute Gasteiger partial charge is 0.430 e. The predicted molar refractivity (Wildman–Crippen MR) is 187 cm³/mol. The minimum absolute atomic E-state index is 0.101.